The molecular weight excluding hydrogens is 396 g/mol. The summed E-state index contributed by atoms with van der Waals surface area (Å²) < 4.78 is 5.40. The molecule has 5 heterocycles. The van der Waals surface area contributed by atoms with Crippen LogP contribution in [0.2, 0.25) is 0 Å². The van der Waals surface area contributed by atoms with Crippen LogP contribution in [0.4, 0.5) is 5.82 Å². The first kappa shape index (κ1) is 19.8. The molecule has 1 N–H and O–H groups in total. The van der Waals surface area contributed by atoms with Crippen LogP contribution in [-0.2, 0) is 4.74 Å². The van der Waals surface area contributed by atoms with Crippen LogP contribution in [0.15, 0.2) is 52.4 Å². The highest BCUT2D eigenvalue weighted by Gasteiger charge is 2.34. The Kier molecular flexibility index (Phi) is 5.93. The third-order valence-electron chi connectivity index (χ3n) is 6.38. The number of piperidine rings is 3. The monoisotopic (exact) mass is 424 g/mol. The highest BCUT2D eigenvalue weighted by atomic mass is 32.2. The zero-order valence-electron chi connectivity index (χ0n) is 17.1. The molecule has 7 heteroatoms. The summed E-state index contributed by atoms with van der Waals surface area (Å²) in [5.74, 6) is 1.69. The van der Waals surface area contributed by atoms with Crippen LogP contribution in [-0.4, -0.2) is 67.8 Å². The molecule has 1 aromatic heterocycles. The van der Waals surface area contributed by atoms with Crippen molar-refractivity contribution in [2.45, 2.75) is 28.7 Å². The summed E-state index contributed by atoms with van der Waals surface area (Å²) in [6, 6.07) is 12.4. The van der Waals surface area contributed by atoms with Gasteiger partial charge in [-0.2, -0.15) is 0 Å². The number of anilines is 1. The van der Waals surface area contributed by atoms with Crippen molar-refractivity contribution in [2.75, 3.05) is 50.8 Å². The summed E-state index contributed by atoms with van der Waals surface area (Å²) in [5.41, 5.74) is 0.733. The van der Waals surface area contributed by atoms with Gasteiger partial charge in [-0.25, -0.2) is 4.98 Å². The Hall–Kier alpha value is -2.09. The number of pyridine rings is 1. The number of hydrogen-bond acceptors (Lipinski definition) is 6. The van der Waals surface area contributed by atoms with Gasteiger partial charge in [0.1, 0.15) is 5.82 Å². The van der Waals surface area contributed by atoms with Gasteiger partial charge in [-0.3, -0.25) is 4.79 Å². The van der Waals surface area contributed by atoms with Gasteiger partial charge in [-0.05, 0) is 68.2 Å². The van der Waals surface area contributed by atoms with Gasteiger partial charge in [0.25, 0.3) is 5.91 Å². The molecule has 4 fully saturated rings. The van der Waals surface area contributed by atoms with Crippen LogP contribution in [0.1, 0.15) is 23.2 Å². The van der Waals surface area contributed by atoms with Crippen molar-refractivity contribution in [1.29, 1.82) is 0 Å². The van der Waals surface area contributed by atoms with E-state index >= 15 is 0 Å². The topological polar surface area (TPSA) is 57.7 Å². The fraction of sp³-hybridized carbons (Fsp3) is 0.478. The average molecular weight is 425 g/mol. The van der Waals surface area contributed by atoms with Gasteiger partial charge in [-0.15, -0.1) is 0 Å². The van der Waals surface area contributed by atoms with E-state index in [-0.39, 0.29) is 5.91 Å². The first-order valence-corrected chi connectivity index (χ1v) is 11.7. The molecular formula is C23H28N4O2S. The molecule has 158 valence electrons. The Morgan fingerprint density at radius 3 is 2.37 bits per heavy atom. The number of benzene rings is 1. The lowest BCUT2D eigenvalue weighted by molar-refractivity contribution is 0.0620. The lowest BCUT2D eigenvalue weighted by Gasteiger charge is -2.44. The van der Waals surface area contributed by atoms with E-state index in [9.17, 15) is 4.79 Å². The van der Waals surface area contributed by atoms with Crippen LogP contribution in [0, 0.1) is 5.92 Å². The molecule has 0 saturated carbocycles. The minimum Gasteiger partial charge on any atom is -0.378 e. The minimum absolute atomic E-state index is 0.0434. The van der Waals surface area contributed by atoms with Gasteiger partial charge in [0.05, 0.1) is 13.2 Å². The van der Waals surface area contributed by atoms with Gasteiger partial charge in [0, 0.05) is 47.2 Å². The average Bonchev–Trinajstić information content (AvgIpc) is 2.81. The lowest BCUT2D eigenvalue weighted by atomic mass is 9.84. The number of rotatable bonds is 5. The molecule has 4 aliphatic heterocycles. The quantitative estimate of drug-likeness (QED) is 0.797. The number of carbonyl (C=O) groups is 1. The van der Waals surface area contributed by atoms with E-state index < -0.39 is 0 Å². The van der Waals surface area contributed by atoms with Gasteiger partial charge in [-0.1, -0.05) is 11.8 Å². The smallest absolute Gasteiger partial charge is 0.251 e. The molecule has 6 nitrogen and oxygen atoms in total. The van der Waals surface area contributed by atoms with E-state index in [0.717, 1.165) is 54.0 Å². The standard InChI is InChI=1S/C23H28N4O2S/c28-23(25-21-16-26-9-7-17(21)8-10-26)18-1-3-19(4-2-18)30-20-5-6-22(24-15-20)27-11-13-29-14-12-27/h1-6,15,17,21H,7-14,16H2,(H,25,28)/t21-/m0/s1. The van der Waals surface area contributed by atoms with Crippen LogP contribution in [0.3, 0.4) is 0 Å². The second-order valence-corrected chi connectivity index (χ2v) is 9.44. The molecule has 2 aromatic rings. The van der Waals surface area contributed by atoms with Crippen molar-refractivity contribution in [2.24, 2.45) is 5.92 Å². The van der Waals surface area contributed by atoms with Crippen LogP contribution < -0.4 is 10.2 Å². The zero-order valence-corrected chi connectivity index (χ0v) is 17.9. The van der Waals surface area contributed by atoms with E-state index in [0.29, 0.717) is 12.0 Å². The van der Waals surface area contributed by atoms with Gasteiger partial charge in [0.2, 0.25) is 0 Å². The van der Waals surface area contributed by atoms with Crippen LogP contribution in [0.5, 0.6) is 0 Å². The van der Waals surface area contributed by atoms with Gasteiger partial charge in [0.15, 0.2) is 0 Å². The minimum atomic E-state index is 0.0434. The highest BCUT2D eigenvalue weighted by Crippen LogP contribution is 2.29. The number of fused-ring (bicyclic) bond motifs is 3. The van der Waals surface area contributed by atoms with Crippen molar-refractivity contribution in [3.8, 4) is 0 Å². The third kappa shape index (κ3) is 4.48. The van der Waals surface area contributed by atoms with Crippen molar-refractivity contribution < 1.29 is 9.53 Å². The maximum Gasteiger partial charge on any atom is 0.251 e. The number of morpholine rings is 1. The molecule has 2 bridgehead atoms. The second kappa shape index (κ2) is 8.96. The Morgan fingerprint density at radius 2 is 1.73 bits per heavy atom. The molecule has 1 atom stereocenters. The molecule has 30 heavy (non-hydrogen) atoms. The Balaban J connectivity index is 1.17. The van der Waals surface area contributed by atoms with Gasteiger partial charge < -0.3 is 19.9 Å². The normalized spacial score (nSPS) is 25.9. The van der Waals surface area contributed by atoms with Gasteiger partial charge >= 0.3 is 0 Å². The zero-order chi connectivity index (χ0) is 20.3. The lowest BCUT2D eigenvalue weighted by Crippen LogP contribution is -2.57. The van der Waals surface area contributed by atoms with E-state index in [2.05, 4.69) is 32.2 Å². The number of aromatic nitrogens is 1. The maximum atomic E-state index is 12.7. The SMILES string of the molecule is O=C(N[C@H]1CN2CCC1CC2)c1ccc(Sc2ccc(N3CCOCC3)nc2)cc1. The summed E-state index contributed by atoms with van der Waals surface area (Å²) in [4.78, 5) is 24.2. The van der Waals surface area contributed by atoms with Crippen molar-refractivity contribution in [1.82, 2.24) is 15.2 Å². The van der Waals surface area contributed by atoms with E-state index in [1.54, 1.807) is 11.8 Å². The summed E-state index contributed by atoms with van der Waals surface area (Å²) in [5, 5.41) is 3.26. The molecule has 1 amide bonds. The third-order valence-corrected chi connectivity index (χ3v) is 7.37. The first-order chi connectivity index (χ1) is 14.7. The first-order valence-electron chi connectivity index (χ1n) is 10.8. The molecule has 4 aliphatic rings. The second-order valence-electron chi connectivity index (χ2n) is 8.30. The van der Waals surface area contributed by atoms with Crippen LogP contribution in [0.25, 0.3) is 0 Å². The number of carbonyl (C=O) groups excluding carboxylic acids is 1. The summed E-state index contributed by atoms with van der Waals surface area (Å²) in [7, 11) is 0. The van der Waals surface area contributed by atoms with E-state index in [4.69, 9.17) is 4.74 Å². The summed E-state index contributed by atoms with van der Waals surface area (Å²) >= 11 is 1.66. The number of hydrogen-bond donors (Lipinski definition) is 1. The van der Waals surface area contributed by atoms with Crippen molar-refractivity contribution in [3.05, 3.63) is 48.2 Å². The molecule has 1 aromatic carbocycles. The largest absolute Gasteiger partial charge is 0.378 e. The predicted molar refractivity (Wildman–Crippen MR) is 118 cm³/mol. The van der Waals surface area contributed by atoms with E-state index in [1.807, 2.05) is 30.5 Å². The molecule has 4 saturated heterocycles. The molecule has 0 aliphatic carbocycles. The number of nitrogens with one attached hydrogen (secondary N) is 1. The predicted octanol–water partition coefficient (Wildman–Crippen LogP) is 2.89. The maximum absolute atomic E-state index is 12.7. The number of amides is 1. The summed E-state index contributed by atoms with van der Waals surface area (Å²) in [6.07, 6.45) is 4.33. The van der Waals surface area contributed by atoms with Crippen molar-refractivity contribution >= 4 is 23.5 Å². The number of nitrogens with zero attached hydrogens (tertiary/aromatic N) is 3. The van der Waals surface area contributed by atoms with Crippen molar-refractivity contribution in [3.63, 3.8) is 0 Å². The molecule has 0 spiro atoms. The molecule has 0 unspecified atom stereocenters. The van der Waals surface area contributed by atoms with Crippen LogP contribution >= 0.6 is 11.8 Å². The fourth-order valence-corrected chi connectivity index (χ4v) is 5.39. The molecule has 0 radical (unpaired) electrons. The van der Waals surface area contributed by atoms with E-state index in [1.165, 1.54) is 25.9 Å². The molecule has 6 rings (SSSR count). The Bertz CT molecular complexity index is 860. The summed E-state index contributed by atoms with van der Waals surface area (Å²) in [6.45, 7) is 6.68. The Labute approximate surface area is 182 Å². The highest BCUT2D eigenvalue weighted by molar-refractivity contribution is 7.99. The fourth-order valence-electron chi connectivity index (χ4n) is 4.60. The number of ether oxygens (including phenoxy) is 1. The Morgan fingerprint density at radius 1 is 1.00 bits per heavy atom.